The van der Waals surface area contributed by atoms with Crippen LogP contribution in [0.25, 0.3) is 0 Å². The molecule has 0 aromatic carbocycles. The number of carbonyl (C=O) groups is 1. The molecule has 0 saturated carbocycles. The molecule has 1 atom stereocenters. The van der Waals surface area contributed by atoms with Gasteiger partial charge in [-0.05, 0) is 30.8 Å². The van der Waals surface area contributed by atoms with Crippen LogP contribution in [0, 0.1) is 5.92 Å². The molecule has 0 bridgehead atoms. The van der Waals surface area contributed by atoms with Crippen molar-refractivity contribution >= 4 is 17.7 Å². The van der Waals surface area contributed by atoms with Crippen molar-refractivity contribution in [1.82, 2.24) is 0 Å². The molecule has 0 spiro atoms. The molecular weight excluding hydrogens is 222 g/mol. The van der Waals surface area contributed by atoms with Crippen LogP contribution in [0.15, 0.2) is 0 Å². The van der Waals surface area contributed by atoms with E-state index in [2.05, 4.69) is 13.8 Å². The zero-order chi connectivity index (χ0) is 12.4. The van der Waals surface area contributed by atoms with Gasteiger partial charge in [0.1, 0.15) is 6.04 Å². The van der Waals surface area contributed by atoms with Gasteiger partial charge >= 0.3 is 5.97 Å². The number of rotatable bonds is 9. The lowest BCUT2D eigenvalue weighted by Crippen LogP contribution is -2.32. The maximum absolute atomic E-state index is 11.2. The number of nitrogens with two attached hydrogens (primary N) is 1. The number of thioether (sulfide) groups is 1. The number of ether oxygens (including phenoxy) is 1. The van der Waals surface area contributed by atoms with Crippen LogP contribution in [-0.2, 0) is 9.53 Å². The fourth-order valence-electron chi connectivity index (χ4n) is 1.35. The van der Waals surface area contributed by atoms with Gasteiger partial charge in [0.25, 0.3) is 0 Å². The van der Waals surface area contributed by atoms with Crippen LogP contribution in [0.1, 0.15) is 40.0 Å². The molecule has 0 aliphatic rings. The van der Waals surface area contributed by atoms with Crippen LogP contribution >= 0.6 is 11.8 Å². The molecule has 16 heavy (non-hydrogen) atoms. The van der Waals surface area contributed by atoms with Crippen LogP contribution < -0.4 is 5.73 Å². The second-order valence-electron chi connectivity index (χ2n) is 3.90. The lowest BCUT2D eigenvalue weighted by atomic mass is 10.1. The Morgan fingerprint density at radius 3 is 2.44 bits per heavy atom. The topological polar surface area (TPSA) is 52.3 Å². The largest absolute Gasteiger partial charge is 0.465 e. The van der Waals surface area contributed by atoms with Crippen molar-refractivity contribution in [3.63, 3.8) is 0 Å². The van der Waals surface area contributed by atoms with Gasteiger partial charge in [-0.15, -0.1) is 0 Å². The minimum absolute atomic E-state index is 0.273. The zero-order valence-corrected chi connectivity index (χ0v) is 11.5. The van der Waals surface area contributed by atoms with Crippen LogP contribution in [0.5, 0.6) is 0 Å². The Morgan fingerprint density at radius 1 is 1.31 bits per heavy atom. The number of carbonyl (C=O) groups excluding carboxylic acids is 1. The fraction of sp³-hybridized carbons (Fsp3) is 0.917. The fourth-order valence-corrected chi connectivity index (χ4v) is 2.74. The second-order valence-corrected chi connectivity index (χ2v) is 5.05. The molecule has 0 aliphatic carbocycles. The van der Waals surface area contributed by atoms with Gasteiger partial charge in [0.2, 0.25) is 0 Å². The molecule has 0 heterocycles. The summed E-state index contributed by atoms with van der Waals surface area (Å²) in [5.41, 5.74) is 5.70. The first kappa shape index (κ1) is 15.8. The van der Waals surface area contributed by atoms with Gasteiger partial charge in [-0.2, -0.15) is 11.8 Å². The Hall–Kier alpha value is -0.220. The Kier molecular flexibility index (Phi) is 9.83. The standard InChI is InChI=1S/C12H25NO2S/c1-4-10(5-2)9-16-8-7-11(13)12(14)15-6-3/h10-11H,4-9,13H2,1-3H3. The van der Waals surface area contributed by atoms with Gasteiger partial charge in [-0.1, -0.05) is 26.7 Å². The average molecular weight is 247 g/mol. The van der Waals surface area contributed by atoms with Crippen molar-refractivity contribution in [2.24, 2.45) is 11.7 Å². The van der Waals surface area contributed by atoms with E-state index in [-0.39, 0.29) is 5.97 Å². The van der Waals surface area contributed by atoms with Gasteiger partial charge in [0.15, 0.2) is 0 Å². The Balaban J connectivity index is 3.54. The third kappa shape index (κ3) is 7.12. The molecule has 2 N–H and O–H groups in total. The molecule has 0 fully saturated rings. The van der Waals surface area contributed by atoms with Crippen LogP contribution in [0.2, 0.25) is 0 Å². The van der Waals surface area contributed by atoms with Crippen molar-refractivity contribution in [1.29, 1.82) is 0 Å². The third-order valence-electron chi connectivity index (χ3n) is 2.67. The van der Waals surface area contributed by atoms with Gasteiger partial charge in [-0.25, -0.2) is 0 Å². The van der Waals surface area contributed by atoms with Crippen LogP contribution in [-0.4, -0.2) is 30.1 Å². The highest BCUT2D eigenvalue weighted by atomic mass is 32.2. The lowest BCUT2D eigenvalue weighted by Gasteiger charge is -2.13. The van der Waals surface area contributed by atoms with Crippen molar-refractivity contribution < 1.29 is 9.53 Å². The molecule has 1 unspecified atom stereocenters. The summed E-state index contributed by atoms with van der Waals surface area (Å²) >= 11 is 1.89. The maximum atomic E-state index is 11.2. The summed E-state index contributed by atoms with van der Waals surface area (Å²) in [6, 6.07) is -0.450. The molecule has 0 aliphatic heterocycles. The van der Waals surface area contributed by atoms with Crippen LogP contribution in [0.4, 0.5) is 0 Å². The van der Waals surface area contributed by atoms with Crippen LogP contribution in [0.3, 0.4) is 0 Å². The summed E-state index contributed by atoms with van der Waals surface area (Å²) in [5, 5.41) is 0. The summed E-state index contributed by atoms with van der Waals surface area (Å²) in [4.78, 5) is 11.2. The number of hydrogen-bond acceptors (Lipinski definition) is 4. The van der Waals surface area contributed by atoms with E-state index in [1.165, 1.54) is 18.6 Å². The maximum Gasteiger partial charge on any atom is 0.322 e. The minimum Gasteiger partial charge on any atom is -0.465 e. The molecule has 3 nitrogen and oxygen atoms in total. The van der Waals surface area contributed by atoms with Gasteiger partial charge in [0, 0.05) is 0 Å². The zero-order valence-electron chi connectivity index (χ0n) is 10.7. The first-order valence-corrected chi connectivity index (χ1v) is 7.31. The quantitative estimate of drug-likeness (QED) is 0.502. The first-order chi connectivity index (χ1) is 7.65. The molecule has 0 saturated heterocycles. The second kappa shape index (κ2) is 9.97. The summed E-state index contributed by atoms with van der Waals surface area (Å²) < 4.78 is 4.85. The van der Waals surface area contributed by atoms with E-state index < -0.39 is 6.04 Å². The van der Waals surface area contributed by atoms with E-state index in [1.54, 1.807) is 6.92 Å². The number of esters is 1. The van der Waals surface area contributed by atoms with Gasteiger partial charge in [-0.3, -0.25) is 4.79 Å². The third-order valence-corrected chi connectivity index (χ3v) is 3.90. The lowest BCUT2D eigenvalue weighted by molar-refractivity contribution is -0.144. The normalized spacial score (nSPS) is 12.8. The molecular formula is C12H25NO2S. The molecule has 0 aromatic heterocycles. The predicted octanol–water partition coefficient (Wildman–Crippen LogP) is 2.44. The minimum atomic E-state index is -0.450. The molecule has 0 radical (unpaired) electrons. The van der Waals surface area contributed by atoms with E-state index in [0.29, 0.717) is 13.0 Å². The molecule has 0 rings (SSSR count). The molecule has 4 heteroatoms. The smallest absolute Gasteiger partial charge is 0.322 e. The highest BCUT2D eigenvalue weighted by molar-refractivity contribution is 7.99. The van der Waals surface area contributed by atoms with E-state index in [4.69, 9.17) is 10.5 Å². The summed E-state index contributed by atoms with van der Waals surface area (Å²) in [6.07, 6.45) is 3.17. The monoisotopic (exact) mass is 247 g/mol. The van der Waals surface area contributed by atoms with Gasteiger partial charge < -0.3 is 10.5 Å². The molecule has 0 amide bonds. The SMILES string of the molecule is CCOC(=O)C(N)CCSCC(CC)CC. The molecule has 0 aromatic rings. The Labute approximate surface area is 103 Å². The summed E-state index contributed by atoms with van der Waals surface area (Å²) in [5.74, 6) is 2.63. The average Bonchev–Trinajstić information content (AvgIpc) is 2.29. The Bertz CT molecular complexity index is 184. The van der Waals surface area contributed by atoms with Crippen molar-refractivity contribution in [3.05, 3.63) is 0 Å². The summed E-state index contributed by atoms with van der Waals surface area (Å²) in [7, 11) is 0. The van der Waals surface area contributed by atoms with E-state index in [9.17, 15) is 4.79 Å². The van der Waals surface area contributed by atoms with Crippen molar-refractivity contribution in [3.8, 4) is 0 Å². The number of hydrogen-bond donors (Lipinski definition) is 1. The first-order valence-electron chi connectivity index (χ1n) is 6.15. The Morgan fingerprint density at radius 2 is 1.94 bits per heavy atom. The predicted molar refractivity (Wildman–Crippen MR) is 70.6 cm³/mol. The van der Waals surface area contributed by atoms with E-state index in [0.717, 1.165) is 11.7 Å². The highest BCUT2D eigenvalue weighted by Crippen LogP contribution is 2.16. The summed E-state index contributed by atoms with van der Waals surface area (Å²) in [6.45, 7) is 6.65. The van der Waals surface area contributed by atoms with Gasteiger partial charge in [0.05, 0.1) is 6.61 Å². The van der Waals surface area contributed by atoms with Crippen molar-refractivity contribution in [2.45, 2.75) is 46.1 Å². The molecule has 96 valence electrons. The highest BCUT2D eigenvalue weighted by Gasteiger charge is 2.14. The van der Waals surface area contributed by atoms with E-state index >= 15 is 0 Å². The van der Waals surface area contributed by atoms with Crippen molar-refractivity contribution in [2.75, 3.05) is 18.1 Å². The van der Waals surface area contributed by atoms with E-state index in [1.807, 2.05) is 11.8 Å².